The van der Waals surface area contributed by atoms with Crippen LogP contribution in [0.15, 0.2) is 0 Å². The van der Waals surface area contributed by atoms with Gasteiger partial charge in [-0.1, -0.05) is 26.7 Å². The predicted octanol–water partition coefficient (Wildman–Crippen LogP) is 2.67. The van der Waals surface area contributed by atoms with Gasteiger partial charge in [-0.05, 0) is 43.6 Å². The third kappa shape index (κ3) is 1.41. The van der Waals surface area contributed by atoms with Crippen molar-refractivity contribution in [3.05, 3.63) is 0 Å². The highest BCUT2D eigenvalue weighted by Gasteiger charge is 2.51. The Morgan fingerprint density at radius 2 is 2.08 bits per heavy atom. The summed E-state index contributed by atoms with van der Waals surface area (Å²) in [7, 11) is 2.14. The van der Waals surface area contributed by atoms with Crippen LogP contribution in [0.5, 0.6) is 0 Å². The lowest BCUT2D eigenvalue weighted by Gasteiger charge is -2.43. The molecule has 1 N–H and O–H groups in total. The average Bonchev–Trinajstić information content (AvgIpc) is 2.35. The Morgan fingerprint density at radius 3 is 2.69 bits per heavy atom. The average molecular weight is 181 g/mol. The second-order valence-electron chi connectivity index (χ2n) is 5.15. The molecular formula is C12H23N. The SMILES string of the molecule is CCCC1CC2CC(C)C(NC)C12. The van der Waals surface area contributed by atoms with Crippen molar-refractivity contribution in [2.24, 2.45) is 23.7 Å². The van der Waals surface area contributed by atoms with Crippen molar-refractivity contribution in [2.45, 2.75) is 45.6 Å². The maximum atomic E-state index is 3.53. The Morgan fingerprint density at radius 1 is 1.31 bits per heavy atom. The number of hydrogen-bond donors (Lipinski definition) is 1. The van der Waals surface area contributed by atoms with Gasteiger partial charge < -0.3 is 5.32 Å². The third-order valence-corrected chi connectivity index (χ3v) is 4.39. The van der Waals surface area contributed by atoms with Crippen molar-refractivity contribution in [1.29, 1.82) is 0 Å². The highest BCUT2D eigenvalue weighted by atomic mass is 14.9. The van der Waals surface area contributed by atoms with Crippen molar-refractivity contribution in [2.75, 3.05) is 7.05 Å². The molecule has 0 amide bonds. The molecule has 0 saturated heterocycles. The molecule has 1 heteroatoms. The standard InChI is InChI=1S/C12H23N/c1-4-5-9-7-10-6-8(2)12(13-3)11(9)10/h8-13H,4-7H2,1-3H3. The van der Waals surface area contributed by atoms with Gasteiger partial charge >= 0.3 is 0 Å². The van der Waals surface area contributed by atoms with Gasteiger partial charge in [0.2, 0.25) is 0 Å². The fraction of sp³-hybridized carbons (Fsp3) is 1.00. The molecule has 0 aromatic heterocycles. The van der Waals surface area contributed by atoms with Gasteiger partial charge in [0.15, 0.2) is 0 Å². The number of nitrogens with one attached hydrogen (secondary N) is 1. The van der Waals surface area contributed by atoms with Crippen LogP contribution < -0.4 is 5.32 Å². The van der Waals surface area contributed by atoms with E-state index in [0.29, 0.717) is 0 Å². The summed E-state index contributed by atoms with van der Waals surface area (Å²) >= 11 is 0. The second kappa shape index (κ2) is 3.61. The van der Waals surface area contributed by atoms with Gasteiger partial charge in [-0.15, -0.1) is 0 Å². The second-order valence-corrected chi connectivity index (χ2v) is 5.15. The fourth-order valence-corrected chi connectivity index (χ4v) is 3.89. The van der Waals surface area contributed by atoms with E-state index in [2.05, 4.69) is 26.2 Å². The predicted molar refractivity (Wildman–Crippen MR) is 56.6 cm³/mol. The maximum absolute atomic E-state index is 3.53. The van der Waals surface area contributed by atoms with Crippen LogP contribution in [0.1, 0.15) is 39.5 Å². The molecule has 5 unspecified atom stereocenters. The molecule has 0 aromatic carbocycles. The lowest BCUT2D eigenvalue weighted by Crippen LogP contribution is -2.44. The van der Waals surface area contributed by atoms with Crippen LogP contribution in [0.3, 0.4) is 0 Å². The highest BCUT2D eigenvalue weighted by Crippen LogP contribution is 2.54. The van der Waals surface area contributed by atoms with Crippen LogP contribution >= 0.6 is 0 Å². The minimum atomic E-state index is 0.829. The molecule has 2 aliphatic carbocycles. The van der Waals surface area contributed by atoms with Crippen molar-refractivity contribution in [3.63, 3.8) is 0 Å². The van der Waals surface area contributed by atoms with Crippen molar-refractivity contribution in [1.82, 2.24) is 5.32 Å². The van der Waals surface area contributed by atoms with E-state index in [4.69, 9.17) is 0 Å². The lowest BCUT2D eigenvalue weighted by molar-refractivity contribution is 0.0743. The number of hydrogen-bond acceptors (Lipinski definition) is 1. The quantitative estimate of drug-likeness (QED) is 0.706. The molecule has 0 aliphatic heterocycles. The first-order valence-electron chi connectivity index (χ1n) is 5.95. The van der Waals surface area contributed by atoms with Crippen LogP contribution in [0, 0.1) is 23.7 Å². The molecule has 2 saturated carbocycles. The smallest absolute Gasteiger partial charge is 0.0123 e. The van der Waals surface area contributed by atoms with E-state index < -0.39 is 0 Å². The zero-order valence-electron chi connectivity index (χ0n) is 9.22. The summed E-state index contributed by atoms with van der Waals surface area (Å²) < 4.78 is 0. The Kier molecular flexibility index (Phi) is 2.64. The molecule has 0 bridgehead atoms. The Balaban J connectivity index is 1.96. The largest absolute Gasteiger partial charge is 0.316 e. The number of rotatable bonds is 3. The molecular weight excluding hydrogens is 158 g/mol. The maximum Gasteiger partial charge on any atom is 0.0123 e. The van der Waals surface area contributed by atoms with E-state index in [1.807, 2.05) is 0 Å². The molecule has 13 heavy (non-hydrogen) atoms. The van der Waals surface area contributed by atoms with E-state index in [9.17, 15) is 0 Å². The first kappa shape index (κ1) is 9.51. The number of fused-ring (bicyclic) bond motifs is 1. The van der Waals surface area contributed by atoms with Crippen LogP contribution in [0.25, 0.3) is 0 Å². The van der Waals surface area contributed by atoms with E-state index in [1.54, 1.807) is 0 Å². The van der Waals surface area contributed by atoms with Crippen LogP contribution in [0.4, 0.5) is 0 Å². The topological polar surface area (TPSA) is 12.0 Å². The molecule has 2 aliphatic rings. The van der Waals surface area contributed by atoms with E-state index >= 15 is 0 Å². The molecule has 2 rings (SSSR count). The molecule has 5 atom stereocenters. The first-order chi connectivity index (χ1) is 6.27. The van der Waals surface area contributed by atoms with Crippen LogP contribution in [-0.4, -0.2) is 13.1 Å². The monoisotopic (exact) mass is 181 g/mol. The lowest BCUT2D eigenvalue weighted by atomic mass is 9.64. The molecule has 0 spiro atoms. The normalized spacial score (nSPS) is 48.7. The van der Waals surface area contributed by atoms with Crippen molar-refractivity contribution in [3.8, 4) is 0 Å². The van der Waals surface area contributed by atoms with Crippen molar-refractivity contribution < 1.29 is 0 Å². The van der Waals surface area contributed by atoms with Crippen molar-refractivity contribution >= 4 is 0 Å². The molecule has 0 heterocycles. The summed E-state index contributed by atoms with van der Waals surface area (Å²) in [5, 5.41) is 3.53. The summed E-state index contributed by atoms with van der Waals surface area (Å²) in [5.74, 6) is 4.07. The first-order valence-corrected chi connectivity index (χ1v) is 5.95. The minimum absolute atomic E-state index is 0.829. The fourth-order valence-electron chi connectivity index (χ4n) is 3.89. The van der Waals surface area contributed by atoms with Gasteiger partial charge in [0.25, 0.3) is 0 Å². The molecule has 1 nitrogen and oxygen atoms in total. The minimum Gasteiger partial charge on any atom is -0.316 e. The van der Waals surface area contributed by atoms with E-state index in [1.165, 1.54) is 25.7 Å². The zero-order valence-corrected chi connectivity index (χ0v) is 9.22. The molecule has 76 valence electrons. The van der Waals surface area contributed by atoms with Crippen LogP contribution in [-0.2, 0) is 0 Å². The summed E-state index contributed by atoms with van der Waals surface area (Å²) in [4.78, 5) is 0. The van der Waals surface area contributed by atoms with Gasteiger partial charge in [-0.3, -0.25) is 0 Å². The zero-order chi connectivity index (χ0) is 9.42. The van der Waals surface area contributed by atoms with E-state index in [0.717, 1.165) is 29.7 Å². The Hall–Kier alpha value is -0.0400. The highest BCUT2D eigenvalue weighted by molar-refractivity contribution is 5.03. The summed E-state index contributed by atoms with van der Waals surface area (Å²) in [5.41, 5.74) is 0. The Bertz CT molecular complexity index is 178. The van der Waals surface area contributed by atoms with Gasteiger partial charge in [0.05, 0.1) is 0 Å². The summed E-state index contributed by atoms with van der Waals surface area (Å²) in [6.07, 6.45) is 5.85. The molecule has 0 aromatic rings. The molecule has 0 radical (unpaired) electrons. The van der Waals surface area contributed by atoms with Gasteiger partial charge in [0, 0.05) is 6.04 Å². The van der Waals surface area contributed by atoms with Gasteiger partial charge in [-0.2, -0.15) is 0 Å². The van der Waals surface area contributed by atoms with E-state index in [-0.39, 0.29) is 0 Å². The van der Waals surface area contributed by atoms with Gasteiger partial charge in [-0.25, -0.2) is 0 Å². The summed E-state index contributed by atoms with van der Waals surface area (Å²) in [6, 6.07) is 0.829. The third-order valence-electron chi connectivity index (χ3n) is 4.39. The molecule has 2 fully saturated rings. The summed E-state index contributed by atoms with van der Waals surface area (Å²) in [6.45, 7) is 4.74. The van der Waals surface area contributed by atoms with Crippen LogP contribution in [0.2, 0.25) is 0 Å². The Labute approximate surface area is 82.3 Å². The van der Waals surface area contributed by atoms with Gasteiger partial charge in [0.1, 0.15) is 0 Å².